The van der Waals surface area contributed by atoms with Gasteiger partial charge in [0.2, 0.25) is 16.4 Å². The second-order valence-corrected chi connectivity index (χ2v) is 9.14. The number of benzene rings is 2. The molecule has 8 heteroatoms. The molecule has 0 aliphatic carbocycles. The molecule has 1 aliphatic heterocycles. The first-order valence-corrected chi connectivity index (χ1v) is 11.2. The smallest absolute Gasteiger partial charge is 0.253 e. The topological polar surface area (TPSA) is 78.0 Å². The van der Waals surface area contributed by atoms with Gasteiger partial charge in [-0.25, -0.2) is 8.42 Å². The minimum absolute atomic E-state index is 0.119. The molecular weight excluding hydrogens is 390 g/mol. The van der Waals surface area contributed by atoms with E-state index in [1.807, 2.05) is 31.2 Å². The molecular formula is C21H25N3O4S. The van der Waals surface area contributed by atoms with Crippen LogP contribution in [-0.4, -0.2) is 63.0 Å². The van der Waals surface area contributed by atoms with Crippen molar-refractivity contribution in [1.82, 2.24) is 9.80 Å². The van der Waals surface area contributed by atoms with Gasteiger partial charge in [-0.1, -0.05) is 29.8 Å². The summed E-state index contributed by atoms with van der Waals surface area (Å²) in [5.41, 5.74) is 3.00. The minimum Gasteiger partial charge on any atom is -0.342 e. The van der Waals surface area contributed by atoms with Crippen molar-refractivity contribution in [2.75, 3.05) is 36.7 Å². The molecule has 2 aromatic carbocycles. The highest BCUT2D eigenvalue weighted by molar-refractivity contribution is 7.92. The van der Waals surface area contributed by atoms with E-state index in [1.54, 1.807) is 34.1 Å². The molecule has 0 N–H and O–H groups in total. The van der Waals surface area contributed by atoms with Crippen LogP contribution in [0.15, 0.2) is 48.5 Å². The quantitative estimate of drug-likeness (QED) is 0.675. The van der Waals surface area contributed by atoms with Crippen LogP contribution in [0.25, 0.3) is 0 Å². The minimum atomic E-state index is -3.49. The Morgan fingerprint density at radius 1 is 1.00 bits per heavy atom. The van der Waals surface area contributed by atoms with Crippen molar-refractivity contribution in [3.05, 3.63) is 65.2 Å². The molecule has 7 nitrogen and oxygen atoms in total. The fourth-order valence-corrected chi connectivity index (χ4v) is 4.13. The molecule has 0 atom stereocenters. The maximum Gasteiger partial charge on any atom is 0.253 e. The summed E-state index contributed by atoms with van der Waals surface area (Å²) in [5, 5.41) is 0. The lowest BCUT2D eigenvalue weighted by Crippen LogP contribution is -2.48. The SMILES string of the molecule is Cc1ccc(CN(c2ccc(C(=O)N3CCN(C=O)CC3)cc2)S(C)(=O)=O)cc1. The number of hydrogen-bond acceptors (Lipinski definition) is 4. The average molecular weight is 416 g/mol. The molecule has 1 saturated heterocycles. The van der Waals surface area contributed by atoms with E-state index in [2.05, 4.69) is 0 Å². The van der Waals surface area contributed by atoms with E-state index in [0.717, 1.165) is 17.5 Å². The average Bonchev–Trinajstić information content (AvgIpc) is 2.72. The number of sulfonamides is 1. The van der Waals surface area contributed by atoms with Crippen LogP contribution in [0.4, 0.5) is 5.69 Å². The molecule has 154 valence electrons. The number of piperazine rings is 1. The van der Waals surface area contributed by atoms with Crippen LogP contribution >= 0.6 is 0 Å². The fraction of sp³-hybridized carbons (Fsp3) is 0.333. The number of amides is 2. The van der Waals surface area contributed by atoms with Crippen LogP contribution in [0.1, 0.15) is 21.5 Å². The van der Waals surface area contributed by atoms with Gasteiger partial charge < -0.3 is 9.80 Å². The third-order valence-electron chi connectivity index (χ3n) is 5.00. The van der Waals surface area contributed by atoms with E-state index in [0.29, 0.717) is 37.4 Å². The lowest BCUT2D eigenvalue weighted by atomic mass is 10.1. The van der Waals surface area contributed by atoms with Crippen molar-refractivity contribution in [1.29, 1.82) is 0 Å². The number of aryl methyl sites for hydroxylation is 1. The standard InChI is InChI=1S/C21H25N3O4S/c1-17-3-5-18(6-4-17)15-24(29(2,27)28)20-9-7-19(8-10-20)21(26)23-13-11-22(16-25)12-14-23/h3-10,16H,11-15H2,1-2H3. The summed E-state index contributed by atoms with van der Waals surface area (Å²) in [5.74, 6) is -0.119. The fourth-order valence-electron chi connectivity index (χ4n) is 3.24. The van der Waals surface area contributed by atoms with Crippen molar-refractivity contribution in [2.45, 2.75) is 13.5 Å². The molecule has 3 rings (SSSR count). The lowest BCUT2D eigenvalue weighted by molar-refractivity contribution is -0.119. The van der Waals surface area contributed by atoms with Gasteiger partial charge in [-0.15, -0.1) is 0 Å². The Balaban J connectivity index is 1.76. The van der Waals surface area contributed by atoms with Gasteiger partial charge in [0.05, 0.1) is 18.5 Å². The predicted octanol–water partition coefficient (Wildman–Crippen LogP) is 1.88. The number of carbonyl (C=O) groups excluding carboxylic acids is 2. The molecule has 0 radical (unpaired) electrons. The van der Waals surface area contributed by atoms with Crippen molar-refractivity contribution in [2.24, 2.45) is 0 Å². The lowest BCUT2D eigenvalue weighted by Gasteiger charge is -2.32. The number of anilines is 1. The Hall–Kier alpha value is -2.87. The van der Waals surface area contributed by atoms with Gasteiger partial charge in [-0.2, -0.15) is 0 Å². The van der Waals surface area contributed by atoms with Gasteiger partial charge in [-0.3, -0.25) is 13.9 Å². The monoisotopic (exact) mass is 415 g/mol. The molecule has 0 spiro atoms. The highest BCUT2D eigenvalue weighted by atomic mass is 32.2. The first-order valence-electron chi connectivity index (χ1n) is 9.40. The zero-order valence-electron chi connectivity index (χ0n) is 16.6. The Bertz CT molecular complexity index is 964. The van der Waals surface area contributed by atoms with Crippen LogP contribution in [-0.2, 0) is 21.4 Å². The second kappa shape index (κ2) is 8.65. The van der Waals surface area contributed by atoms with Crippen LogP contribution in [0, 0.1) is 6.92 Å². The van der Waals surface area contributed by atoms with E-state index in [-0.39, 0.29) is 12.5 Å². The molecule has 0 aromatic heterocycles. The third-order valence-corrected chi connectivity index (χ3v) is 6.14. The summed E-state index contributed by atoms with van der Waals surface area (Å²) in [4.78, 5) is 26.8. The Morgan fingerprint density at radius 3 is 2.10 bits per heavy atom. The summed E-state index contributed by atoms with van der Waals surface area (Å²) in [6.07, 6.45) is 1.97. The van der Waals surface area contributed by atoms with Gasteiger partial charge >= 0.3 is 0 Å². The predicted molar refractivity (Wildman–Crippen MR) is 112 cm³/mol. The van der Waals surface area contributed by atoms with Crippen LogP contribution in [0.2, 0.25) is 0 Å². The number of nitrogens with zero attached hydrogens (tertiary/aromatic N) is 3. The largest absolute Gasteiger partial charge is 0.342 e. The van der Waals surface area contributed by atoms with E-state index in [1.165, 1.54) is 10.6 Å². The molecule has 0 saturated carbocycles. The first-order chi connectivity index (χ1) is 13.8. The maximum atomic E-state index is 12.7. The van der Waals surface area contributed by atoms with E-state index < -0.39 is 10.0 Å². The van der Waals surface area contributed by atoms with Gasteiger partial charge in [0.25, 0.3) is 5.91 Å². The number of hydrogen-bond donors (Lipinski definition) is 0. The molecule has 1 fully saturated rings. The highest BCUT2D eigenvalue weighted by Gasteiger charge is 2.22. The van der Waals surface area contributed by atoms with Crippen molar-refractivity contribution in [3.63, 3.8) is 0 Å². The molecule has 2 amide bonds. The second-order valence-electron chi connectivity index (χ2n) is 7.24. The molecule has 1 heterocycles. The Kier molecular flexibility index (Phi) is 6.22. The van der Waals surface area contributed by atoms with Gasteiger partial charge in [0, 0.05) is 31.7 Å². The highest BCUT2D eigenvalue weighted by Crippen LogP contribution is 2.22. The maximum absolute atomic E-state index is 12.7. The van der Waals surface area contributed by atoms with Gasteiger partial charge in [0.15, 0.2) is 0 Å². The Labute approximate surface area is 171 Å². The number of carbonyl (C=O) groups is 2. The molecule has 2 aromatic rings. The first kappa shape index (κ1) is 20.9. The van der Waals surface area contributed by atoms with Crippen LogP contribution in [0.3, 0.4) is 0 Å². The van der Waals surface area contributed by atoms with Gasteiger partial charge in [-0.05, 0) is 36.8 Å². The van der Waals surface area contributed by atoms with Crippen LogP contribution in [0.5, 0.6) is 0 Å². The van der Waals surface area contributed by atoms with E-state index in [9.17, 15) is 18.0 Å². The summed E-state index contributed by atoms with van der Waals surface area (Å²) in [7, 11) is -3.49. The number of rotatable bonds is 6. The third kappa shape index (κ3) is 5.14. The zero-order chi connectivity index (χ0) is 21.0. The molecule has 0 unspecified atom stereocenters. The Morgan fingerprint density at radius 2 is 1.59 bits per heavy atom. The summed E-state index contributed by atoms with van der Waals surface area (Å²) >= 11 is 0. The van der Waals surface area contributed by atoms with Gasteiger partial charge in [0.1, 0.15) is 0 Å². The van der Waals surface area contributed by atoms with Crippen LogP contribution < -0.4 is 4.31 Å². The molecule has 0 bridgehead atoms. The van der Waals surface area contributed by atoms with Crippen molar-refractivity contribution >= 4 is 28.0 Å². The van der Waals surface area contributed by atoms with Crippen molar-refractivity contribution in [3.8, 4) is 0 Å². The van der Waals surface area contributed by atoms with E-state index >= 15 is 0 Å². The molecule has 29 heavy (non-hydrogen) atoms. The zero-order valence-corrected chi connectivity index (χ0v) is 17.4. The molecule has 1 aliphatic rings. The summed E-state index contributed by atoms with van der Waals surface area (Å²) < 4.78 is 26.0. The normalized spacial score (nSPS) is 14.6. The summed E-state index contributed by atoms with van der Waals surface area (Å²) in [6.45, 7) is 4.22. The van der Waals surface area contributed by atoms with Crippen molar-refractivity contribution < 1.29 is 18.0 Å². The summed E-state index contributed by atoms with van der Waals surface area (Å²) in [6, 6.07) is 14.3. The van der Waals surface area contributed by atoms with E-state index in [4.69, 9.17) is 0 Å².